The number of hydrogen-bond acceptors (Lipinski definition) is 3. The van der Waals surface area contributed by atoms with Crippen LogP contribution in [0, 0.1) is 0 Å². The minimum atomic E-state index is -0.414. The number of rotatable bonds is 8. The number of ether oxygens (including phenoxy) is 2. The molecule has 0 aliphatic carbocycles. The van der Waals surface area contributed by atoms with Crippen molar-refractivity contribution >= 4 is 22.2 Å². The fourth-order valence-corrected chi connectivity index (χ4v) is 3.40. The van der Waals surface area contributed by atoms with E-state index in [1.165, 1.54) is 0 Å². The number of benzene rings is 2. The van der Waals surface area contributed by atoms with Crippen molar-refractivity contribution in [2.75, 3.05) is 0 Å². The molecular weight excluding hydrogens is 380 g/mol. The molecule has 0 heterocycles. The van der Waals surface area contributed by atoms with Crippen molar-refractivity contribution in [1.29, 1.82) is 0 Å². The van der Waals surface area contributed by atoms with Crippen LogP contribution in [-0.2, 0) is 11.3 Å². The smallest absolute Gasteiger partial charge is 0.151 e. The molecule has 0 atom stereocenters. The van der Waals surface area contributed by atoms with Crippen molar-refractivity contribution in [1.82, 2.24) is 0 Å². The number of carbonyl (C=O) groups excluding carboxylic acids is 1. The monoisotopic (exact) mass is 404 g/mol. The Morgan fingerprint density at radius 2 is 1.68 bits per heavy atom. The number of aldehydes is 1. The van der Waals surface area contributed by atoms with Gasteiger partial charge >= 0.3 is 0 Å². The van der Waals surface area contributed by atoms with Crippen molar-refractivity contribution in [3.05, 3.63) is 64.1 Å². The van der Waals surface area contributed by atoms with Gasteiger partial charge in [-0.15, -0.1) is 0 Å². The van der Waals surface area contributed by atoms with Crippen LogP contribution in [0.4, 0.5) is 0 Å². The Balaban J connectivity index is 1.98. The van der Waals surface area contributed by atoms with Crippen LogP contribution in [0.25, 0.3) is 0 Å². The second-order valence-corrected chi connectivity index (χ2v) is 8.23. The number of hydrogen-bond donors (Lipinski definition) is 0. The Labute approximate surface area is 158 Å². The van der Waals surface area contributed by atoms with Crippen molar-refractivity contribution in [2.24, 2.45) is 0 Å². The average molecular weight is 405 g/mol. The molecule has 2 rings (SSSR count). The third kappa shape index (κ3) is 6.29. The predicted molar refractivity (Wildman–Crippen MR) is 104 cm³/mol. The second kappa shape index (κ2) is 8.15. The topological polar surface area (TPSA) is 35.5 Å². The van der Waals surface area contributed by atoms with E-state index in [2.05, 4.69) is 41.9 Å². The van der Waals surface area contributed by atoms with Crippen molar-refractivity contribution in [3.8, 4) is 5.75 Å². The lowest BCUT2D eigenvalue weighted by Gasteiger charge is -2.35. The molecule has 0 bridgehead atoms. The molecule has 25 heavy (non-hydrogen) atoms. The van der Waals surface area contributed by atoms with Crippen LogP contribution in [0.3, 0.4) is 0 Å². The Morgan fingerprint density at radius 3 is 2.28 bits per heavy atom. The molecule has 0 aromatic heterocycles. The van der Waals surface area contributed by atoms with Gasteiger partial charge in [0.15, 0.2) is 6.29 Å². The van der Waals surface area contributed by atoms with E-state index in [0.717, 1.165) is 28.5 Å². The lowest BCUT2D eigenvalue weighted by Crippen LogP contribution is -2.39. The Bertz CT molecular complexity index is 708. The van der Waals surface area contributed by atoms with Crippen molar-refractivity contribution < 1.29 is 14.3 Å². The molecule has 3 nitrogen and oxygen atoms in total. The van der Waals surface area contributed by atoms with Gasteiger partial charge in [-0.1, -0.05) is 30.3 Å². The van der Waals surface area contributed by atoms with Gasteiger partial charge < -0.3 is 9.47 Å². The highest BCUT2D eigenvalue weighted by Gasteiger charge is 2.31. The maximum atomic E-state index is 10.9. The molecule has 0 saturated heterocycles. The van der Waals surface area contributed by atoms with E-state index in [1.807, 2.05) is 44.2 Å². The van der Waals surface area contributed by atoms with E-state index >= 15 is 0 Å². The second-order valence-electron chi connectivity index (χ2n) is 7.37. The van der Waals surface area contributed by atoms with Crippen LogP contribution in [0.1, 0.15) is 50.0 Å². The van der Waals surface area contributed by atoms with Crippen LogP contribution >= 0.6 is 15.9 Å². The third-order valence-corrected chi connectivity index (χ3v) is 4.50. The molecule has 4 heteroatoms. The summed E-state index contributed by atoms with van der Waals surface area (Å²) in [4.78, 5) is 10.9. The summed E-state index contributed by atoms with van der Waals surface area (Å²) in [5.41, 5.74) is 1.01. The van der Waals surface area contributed by atoms with E-state index in [0.29, 0.717) is 12.2 Å². The molecule has 0 spiro atoms. The van der Waals surface area contributed by atoms with Gasteiger partial charge in [0.05, 0.1) is 12.2 Å². The highest BCUT2D eigenvalue weighted by molar-refractivity contribution is 9.10. The summed E-state index contributed by atoms with van der Waals surface area (Å²) >= 11 is 3.39. The van der Waals surface area contributed by atoms with Crippen LogP contribution in [0.5, 0.6) is 5.75 Å². The van der Waals surface area contributed by atoms with Gasteiger partial charge in [0.25, 0.3) is 0 Å². The molecule has 0 radical (unpaired) electrons. The molecular formula is C21H25BrO3. The maximum Gasteiger partial charge on any atom is 0.151 e. The van der Waals surface area contributed by atoms with Gasteiger partial charge in [-0.3, -0.25) is 4.79 Å². The molecule has 0 aliphatic heterocycles. The normalized spacial score (nSPS) is 12.0. The summed E-state index contributed by atoms with van der Waals surface area (Å²) in [6.45, 7) is 8.81. The van der Waals surface area contributed by atoms with Crippen LogP contribution < -0.4 is 4.74 Å². The summed E-state index contributed by atoms with van der Waals surface area (Å²) in [5, 5.41) is 0. The number of carbonyl (C=O) groups is 1. The van der Waals surface area contributed by atoms with E-state index in [1.54, 1.807) is 6.07 Å². The van der Waals surface area contributed by atoms with Crippen molar-refractivity contribution in [2.45, 2.75) is 51.9 Å². The van der Waals surface area contributed by atoms with Crippen LogP contribution in [0.15, 0.2) is 53.0 Å². The molecule has 0 fully saturated rings. The molecule has 134 valence electrons. The fourth-order valence-electron chi connectivity index (χ4n) is 2.95. The van der Waals surface area contributed by atoms with E-state index in [-0.39, 0.29) is 5.60 Å². The van der Waals surface area contributed by atoms with Crippen LogP contribution in [0.2, 0.25) is 0 Å². The summed E-state index contributed by atoms with van der Waals surface area (Å²) < 4.78 is 13.0. The number of halogens is 1. The first kappa shape index (κ1) is 19.7. The summed E-state index contributed by atoms with van der Waals surface area (Å²) in [6, 6.07) is 15.5. The SMILES string of the molecule is CC(C)(CC(C)(C)Oc1ccc(C=O)c(Br)c1)OCc1ccccc1. The minimum absolute atomic E-state index is 0.334. The van der Waals surface area contributed by atoms with Crippen molar-refractivity contribution in [3.63, 3.8) is 0 Å². The first-order valence-corrected chi connectivity index (χ1v) is 9.12. The Morgan fingerprint density at radius 1 is 1.00 bits per heavy atom. The van der Waals surface area contributed by atoms with Gasteiger partial charge in [-0.25, -0.2) is 0 Å². The summed E-state index contributed by atoms with van der Waals surface area (Å²) in [6.07, 6.45) is 1.54. The average Bonchev–Trinajstić information content (AvgIpc) is 2.53. The fraction of sp³-hybridized carbons (Fsp3) is 0.381. The summed E-state index contributed by atoms with van der Waals surface area (Å²) in [5.74, 6) is 0.723. The first-order chi connectivity index (χ1) is 11.7. The zero-order chi connectivity index (χ0) is 18.5. The van der Waals surface area contributed by atoms with Gasteiger partial charge in [0.2, 0.25) is 0 Å². The van der Waals surface area contributed by atoms with Gasteiger partial charge in [-0.2, -0.15) is 0 Å². The highest BCUT2D eigenvalue weighted by Crippen LogP contribution is 2.31. The predicted octanol–water partition coefficient (Wildman–Crippen LogP) is 5.80. The molecule has 0 unspecified atom stereocenters. The quantitative estimate of drug-likeness (QED) is 0.521. The zero-order valence-corrected chi connectivity index (χ0v) is 16.8. The van der Waals surface area contributed by atoms with Gasteiger partial charge in [-0.05, 0) is 67.4 Å². The lowest BCUT2D eigenvalue weighted by molar-refractivity contribution is -0.0737. The molecule has 0 saturated carbocycles. The highest BCUT2D eigenvalue weighted by atomic mass is 79.9. The van der Waals surface area contributed by atoms with Gasteiger partial charge in [0, 0.05) is 16.5 Å². The molecule has 2 aromatic carbocycles. The first-order valence-electron chi connectivity index (χ1n) is 8.32. The molecule has 0 N–H and O–H groups in total. The Kier molecular flexibility index (Phi) is 6.42. The zero-order valence-electron chi connectivity index (χ0n) is 15.2. The van der Waals surface area contributed by atoms with E-state index < -0.39 is 5.60 Å². The standard InChI is InChI=1S/C21H25BrO3/c1-20(2,24-14-16-8-6-5-7-9-16)15-21(3,4)25-18-11-10-17(13-23)19(22)12-18/h5-13H,14-15H2,1-4H3. The molecule has 0 amide bonds. The van der Waals surface area contributed by atoms with E-state index in [9.17, 15) is 4.79 Å². The molecule has 2 aromatic rings. The molecule has 0 aliphatic rings. The third-order valence-electron chi connectivity index (χ3n) is 3.82. The lowest BCUT2D eigenvalue weighted by atomic mass is 9.92. The summed E-state index contributed by atoms with van der Waals surface area (Å²) in [7, 11) is 0. The van der Waals surface area contributed by atoms with Gasteiger partial charge in [0.1, 0.15) is 11.4 Å². The van der Waals surface area contributed by atoms with Crippen LogP contribution in [-0.4, -0.2) is 17.5 Å². The van der Waals surface area contributed by atoms with E-state index in [4.69, 9.17) is 9.47 Å². The minimum Gasteiger partial charge on any atom is -0.488 e. The Hall–Kier alpha value is -1.65. The largest absolute Gasteiger partial charge is 0.488 e. The maximum absolute atomic E-state index is 10.9.